The Morgan fingerprint density at radius 1 is 0.968 bits per heavy atom. The van der Waals surface area contributed by atoms with Gasteiger partial charge >= 0.3 is 0 Å². The lowest BCUT2D eigenvalue weighted by Crippen LogP contribution is -2.34. The number of amides is 2. The molecule has 0 aliphatic rings. The van der Waals surface area contributed by atoms with Crippen molar-refractivity contribution < 1.29 is 19.4 Å². The van der Waals surface area contributed by atoms with Crippen LogP contribution in [-0.2, 0) is 9.59 Å². The van der Waals surface area contributed by atoms with Gasteiger partial charge in [-0.2, -0.15) is 5.10 Å². The van der Waals surface area contributed by atoms with Gasteiger partial charge < -0.3 is 15.2 Å². The number of carbonyl (C=O) groups is 2. The molecule has 0 radical (unpaired) electrons. The summed E-state index contributed by atoms with van der Waals surface area (Å²) in [6.07, 6.45) is 15.5. The first kappa shape index (κ1) is 26.5. The predicted octanol–water partition coefficient (Wildman–Crippen LogP) is 4.67. The highest BCUT2D eigenvalue weighted by Gasteiger charge is 2.05. The monoisotopic (exact) mass is 433 g/mol. The number of nitrogens with zero attached hydrogens (tertiary/aromatic N) is 1. The van der Waals surface area contributed by atoms with Gasteiger partial charge in [-0.3, -0.25) is 9.59 Å². The van der Waals surface area contributed by atoms with Crippen LogP contribution in [0.1, 0.15) is 89.5 Å². The number of phenolic OH excluding ortho intramolecular Hbond substituents is 1. The molecule has 0 fully saturated rings. The van der Waals surface area contributed by atoms with Gasteiger partial charge in [-0.15, -0.1) is 0 Å². The fourth-order valence-electron chi connectivity index (χ4n) is 3.21. The second-order valence-electron chi connectivity index (χ2n) is 7.79. The largest absolute Gasteiger partial charge is 0.504 e. The molecule has 31 heavy (non-hydrogen) atoms. The van der Waals surface area contributed by atoms with E-state index < -0.39 is 5.91 Å². The van der Waals surface area contributed by atoms with Crippen LogP contribution < -0.4 is 15.5 Å². The highest BCUT2D eigenvalue weighted by molar-refractivity contribution is 5.86. The van der Waals surface area contributed by atoms with E-state index in [0.717, 1.165) is 12.8 Å². The SMILES string of the molecule is CCCCCCCCCCCCCC(=O)NCC(=O)N/N=C\c1ccc(O)c(OC)c1. The summed E-state index contributed by atoms with van der Waals surface area (Å²) < 4.78 is 5.01. The number of aromatic hydroxyl groups is 1. The van der Waals surface area contributed by atoms with Gasteiger partial charge in [0, 0.05) is 6.42 Å². The maximum Gasteiger partial charge on any atom is 0.259 e. The van der Waals surface area contributed by atoms with Gasteiger partial charge in [-0.25, -0.2) is 5.43 Å². The van der Waals surface area contributed by atoms with E-state index in [0.29, 0.717) is 17.7 Å². The Kier molecular flexibility index (Phi) is 14.6. The van der Waals surface area contributed by atoms with Crippen LogP contribution in [-0.4, -0.2) is 36.8 Å². The van der Waals surface area contributed by atoms with Crippen LogP contribution >= 0.6 is 0 Å². The summed E-state index contributed by atoms with van der Waals surface area (Å²) in [7, 11) is 1.46. The molecule has 3 N–H and O–H groups in total. The lowest BCUT2D eigenvalue weighted by atomic mass is 10.1. The quantitative estimate of drug-likeness (QED) is 0.189. The minimum Gasteiger partial charge on any atom is -0.504 e. The Labute approximate surface area is 186 Å². The fourth-order valence-corrected chi connectivity index (χ4v) is 3.21. The smallest absolute Gasteiger partial charge is 0.259 e. The van der Waals surface area contributed by atoms with Crippen molar-refractivity contribution in [3.8, 4) is 11.5 Å². The van der Waals surface area contributed by atoms with Gasteiger partial charge in [-0.05, 0) is 30.2 Å². The number of phenols is 1. The Balaban J connectivity index is 2.03. The van der Waals surface area contributed by atoms with Crippen LogP contribution in [0.5, 0.6) is 11.5 Å². The molecular formula is C24H39N3O4. The highest BCUT2D eigenvalue weighted by atomic mass is 16.5. The molecule has 0 atom stereocenters. The number of nitrogens with one attached hydrogen (secondary N) is 2. The van der Waals surface area contributed by atoms with Crippen molar-refractivity contribution in [3.63, 3.8) is 0 Å². The summed E-state index contributed by atoms with van der Waals surface area (Å²) in [5.41, 5.74) is 3.03. The second kappa shape index (κ2) is 17.1. The van der Waals surface area contributed by atoms with E-state index >= 15 is 0 Å². The third kappa shape index (κ3) is 13.4. The maximum atomic E-state index is 11.8. The Hall–Kier alpha value is -2.57. The molecule has 1 aromatic rings. The summed E-state index contributed by atoms with van der Waals surface area (Å²) in [5.74, 6) is -0.151. The summed E-state index contributed by atoms with van der Waals surface area (Å²) >= 11 is 0. The van der Waals surface area contributed by atoms with Crippen LogP contribution in [0.3, 0.4) is 0 Å². The molecule has 1 rings (SSSR count). The average molecular weight is 434 g/mol. The Bertz CT molecular complexity index is 677. The van der Waals surface area contributed by atoms with E-state index in [2.05, 4.69) is 22.8 Å². The number of carbonyl (C=O) groups excluding carboxylic acids is 2. The third-order valence-electron chi connectivity index (χ3n) is 5.06. The molecule has 0 aliphatic carbocycles. The molecule has 0 bridgehead atoms. The van der Waals surface area contributed by atoms with E-state index in [1.54, 1.807) is 12.1 Å². The zero-order chi connectivity index (χ0) is 22.7. The Morgan fingerprint density at radius 2 is 1.58 bits per heavy atom. The van der Waals surface area contributed by atoms with Crippen molar-refractivity contribution in [2.45, 2.75) is 84.0 Å². The molecule has 0 spiro atoms. The summed E-state index contributed by atoms with van der Waals surface area (Å²) in [6, 6.07) is 4.72. The number of hydrogen-bond acceptors (Lipinski definition) is 5. The summed E-state index contributed by atoms with van der Waals surface area (Å²) in [4.78, 5) is 23.6. The third-order valence-corrected chi connectivity index (χ3v) is 5.06. The van der Waals surface area contributed by atoms with Crippen LogP contribution in [0.25, 0.3) is 0 Å². The topological polar surface area (TPSA) is 100 Å². The van der Waals surface area contributed by atoms with Crippen LogP contribution in [0.2, 0.25) is 0 Å². The first-order valence-corrected chi connectivity index (χ1v) is 11.5. The first-order valence-electron chi connectivity index (χ1n) is 11.5. The van der Waals surface area contributed by atoms with Gasteiger partial charge in [0.15, 0.2) is 11.5 Å². The zero-order valence-corrected chi connectivity index (χ0v) is 19.1. The molecule has 0 saturated carbocycles. The molecule has 7 nitrogen and oxygen atoms in total. The molecule has 0 aliphatic heterocycles. The number of hydrogen-bond donors (Lipinski definition) is 3. The number of benzene rings is 1. The van der Waals surface area contributed by atoms with E-state index in [-0.39, 0.29) is 18.2 Å². The molecule has 0 saturated heterocycles. The first-order chi connectivity index (χ1) is 15.1. The summed E-state index contributed by atoms with van der Waals surface area (Å²) in [5, 5.41) is 16.0. The average Bonchev–Trinajstić information content (AvgIpc) is 2.77. The van der Waals surface area contributed by atoms with E-state index in [9.17, 15) is 14.7 Å². The predicted molar refractivity (Wildman–Crippen MR) is 124 cm³/mol. The van der Waals surface area contributed by atoms with Crippen molar-refractivity contribution in [1.82, 2.24) is 10.7 Å². The standard InChI is InChI=1S/C24H39N3O4/c1-3-4-5-6-7-8-9-10-11-12-13-14-23(29)25-19-24(30)27-26-18-20-15-16-21(28)22(17-20)31-2/h15-18,28H,3-14,19H2,1-2H3,(H,25,29)(H,27,30)/b26-18-. The van der Waals surface area contributed by atoms with E-state index in [4.69, 9.17) is 4.74 Å². The molecule has 7 heteroatoms. The zero-order valence-electron chi connectivity index (χ0n) is 19.1. The minimum atomic E-state index is -0.394. The molecule has 1 aromatic carbocycles. The minimum absolute atomic E-state index is 0.0317. The number of unbranched alkanes of at least 4 members (excludes halogenated alkanes) is 10. The molecule has 174 valence electrons. The lowest BCUT2D eigenvalue weighted by molar-refractivity contribution is -0.126. The Morgan fingerprint density at radius 3 is 2.19 bits per heavy atom. The van der Waals surface area contributed by atoms with Crippen molar-refractivity contribution in [3.05, 3.63) is 23.8 Å². The second-order valence-corrected chi connectivity index (χ2v) is 7.79. The number of ether oxygens (including phenoxy) is 1. The number of methoxy groups -OCH3 is 1. The normalized spacial score (nSPS) is 10.9. The summed E-state index contributed by atoms with van der Waals surface area (Å²) in [6.45, 7) is 2.13. The van der Waals surface area contributed by atoms with Crippen molar-refractivity contribution in [2.75, 3.05) is 13.7 Å². The van der Waals surface area contributed by atoms with Crippen LogP contribution in [0.4, 0.5) is 0 Å². The van der Waals surface area contributed by atoms with Crippen molar-refractivity contribution in [1.29, 1.82) is 0 Å². The van der Waals surface area contributed by atoms with Gasteiger partial charge in [0.2, 0.25) is 5.91 Å². The molecule has 2 amide bonds. The highest BCUT2D eigenvalue weighted by Crippen LogP contribution is 2.25. The van der Waals surface area contributed by atoms with Gasteiger partial charge in [0.25, 0.3) is 5.91 Å². The van der Waals surface area contributed by atoms with E-state index in [1.165, 1.54) is 77.2 Å². The van der Waals surface area contributed by atoms with Gasteiger partial charge in [0.1, 0.15) is 0 Å². The van der Waals surface area contributed by atoms with Crippen LogP contribution in [0.15, 0.2) is 23.3 Å². The van der Waals surface area contributed by atoms with Crippen molar-refractivity contribution in [2.24, 2.45) is 5.10 Å². The molecular weight excluding hydrogens is 394 g/mol. The van der Waals surface area contributed by atoms with Gasteiger partial charge in [-0.1, -0.05) is 71.1 Å². The fraction of sp³-hybridized carbons (Fsp3) is 0.625. The van der Waals surface area contributed by atoms with Crippen LogP contribution in [0, 0.1) is 0 Å². The van der Waals surface area contributed by atoms with E-state index in [1.807, 2.05) is 0 Å². The van der Waals surface area contributed by atoms with Gasteiger partial charge in [0.05, 0.1) is 19.9 Å². The maximum absolute atomic E-state index is 11.8. The number of rotatable bonds is 17. The molecule has 0 heterocycles. The lowest BCUT2D eigenvalue weighted by Gasteiger charge is -2.05. The number of hydrazone groups is 1. The van der Waals surface area contributed by atoms with Crippen molar-refractivity contribution >= 4 is 18.0 Å². The molecule has 0 unspecified atom stereocenters. The molecule has 0 aromatic heterocycles.